The Morgan fingerprint density at radius 1 is 0.938 bits per heavy atom. The van der Waals surface area contributed by atoms with Gasteiger partial charge >= 0.3 is 5.97 Å². The van der Waals surface area contributed by atoms with Gasteiger partial charge in [-0.3, -0.25) is 4.79 Å². The van der Waals surface area contributed by atoms with Gasteiger partial charge in [0.2, 0.25) is 0 Å². The zero-order valence-corrected chi connectivity index (χ0v) is 17.4. The number of aliphatic carboxylic acids is 1. The first-order valence-corrected chi connectivity index (χ1v) is 10.5. The van der Waals surface area contributed by atoms with E-state index in [1.807, 2.05) is 0 Å². The van der Waals surface area contributed by atoms with Crippen molar-refractivity contribution in [2.24, 2.45) is 0 Å². The monoisotopic (exact) mass is 448 g/mol. The molecule has 0 bridgehead atoms. The molecule has 0 fully saturated rings. The SMILES string of the molecule is O=C(O)C(=C(Cc1ccco1)C(=O)c1ccc2c(c1)OCCO2)c1ccc2nsnc2c1. The molecule has 2 aromatic carbocycles. The molecule has 9 heteroatoms. The maximum atomic E-state index is 13.6. The maximum Gasteiger partial charge on any atom is 0.336 e. The van der Waals surface area contributed by atoms with Crippen LogP contribution in [0.4, 0.5) is 0 Å². The highest BCUT2D eigenvalue weighted by Crippen LogP contribution is 2.33. The van der Waals surface area contributed by atoms with Crippen LogP contribution in [-0.4, -0.2) is 38.8 Å². The van der Waals surface area contributed by atoms with E-state index < -0.39 is 11.8 Å². The van der Waals surface area contributed by atoms with Crippen molar-refractivity contribution in [1.29, 1.82) is 0 Å². The molecule has 160 valence electrons. The lowest BCUT2D eigenvalue weighted by molar-refractivity contribution is -0.130. The van der Waals surface area contributed by atoms with E-state index in [0.29, 0.717) is 52.6 Å². The predicted octanol–water partition coefficient (Wildman–Crippen LogP) is 4.02. The molecule has 1 aliphatic rings. The molecule has 8 nitrogen and oxygen atoms in total. The van der Waals surface area contributed by atoms with Crippen LogP contribution < -0.4 is 9.47 Å². The van der Waals surface area contributed by atoms with E-state index in [2.05, 4.69) is 8.75 Å². The van der Waals surface area contributed by atoms with Gasteiger partial charge in [-0.2, -0.15) is 8.75 Å². The van der Waals surface area contributed by atoms with Crippen LogP contribution in [0.1, 0.15) is 21.7 Å². The predicted molar refractivity (Wildman–Crippen MR) is 116 cm³/mol. The van der Waals surface area contributed by atoms with E-state index in [-0.39, 0.29) is 17.6 Å². The van der Waals surface area contributed by atoms with Crippen LogP contribution in [-0.2, 0) is 11.2 Å². The summed E-state index contributed by atoms with van der Waals surface area (Å²) in [6.07, 6.45) is 1.49. The third-order valence-corrected chi connectivity index (χ3v) is 5.62. The van der Waals surface area contributed by atoms with Crippen LogP contribution in [0.2, 0.25) is 0 Å². The lowest BCUT2D eigenvalue weighted by atomic mass is 9.90. The fraction of sp³-hybridized carbons (Fsp3) is 0.130. The first-order valence-electron chi connectivity index (χ1n) is 9.76. The average Bonchev–Trinajstić information content (AvgIpc) is 3.49. The van der Waals surface area contributed by atoms with Crippen LogP contribution in [0, 0.1) is 0 Å². The highest BCUT2D eigenvalue weighted by Gasteiger charge is 2.26. The van der Waals surface area contributed by atoms with E-state index >= 15 is 0 Å². The van der Waals surface area contributed by atoms with E-state index in [1.54, 1.807) is 48.5 Å². The third-order valence-electron chi connectivity index (χ3n) is 5.07. The van der Waals surface area contributed by atoms with E-state index in [0.717, 1.165) is 11.7 Å². The Morgan fingerprint density at radius 3 is 2.50 bits per heavy atom. The topological polar surface area (TPSA) is 112 Å². The Kier molecular flexibility index (Phi) is 5.16. The van der Waals surface area contributed by atoms with Crippen LogP contribution in [0.15, 0.2) is 64.8 Å². The largest absolute Gasteiger partial charge is 0.486 e. The van der Waals surface area contributed by atoms with Crippen LogP contribution in [0.25, 0.3) is 16.6 Å². The van der Waals surface area contributed by atoms with E-state index in [4.69, 9.17) is 13.9 Å². The van der Waals surface area contributed by atoms with Gasteiger partial charge in [-0.1, -0.05) is 6.07 Å². The number of rotatable bonds is 6. The van der Waals surface area contributed by atoms with Gasteiger partial charge in [-0.15, -0.1) is 0 Å². The van der Waals surface area contributed by atoms with Crippen molar-refractivity contribution in [1.82, 2.24) is 8.75 Å². The molecule has 0 spiro atoms. The van der Waals surface area contributed by atoms with Crippen molar-refractivity contribution < 1.29 is 28.6 Å². The standard InChI is InChI=1S/C23H16N2O6S/c26-22(14-4-6-19-20(11-14)31-9-8-30-19)16(12-15-2-1-7-29-15)21(23(27)28)13-3-5-17-18(10-13)25-32-24-17/h1-7,10-11H,8-9,12H2,(H,27,28). The normalized spacial score (nSPS) is 13.6. The highest BCUT2D eigenvalue weighted by atomic mass is 32.1. The summed E-state index contributed by atoms with van der Waals surface area (Å²) < 4.78 is 24.9. The number of carboxylic acids is 1. The van der Waals surface area contributed by atoms with Gasteiger partial charge in [-0.05, 0) is 48.0 Å². The molecule has 4 aromatic rings. The average molecular weight is 448 g/mol. The minimum Gasteiger partial charge on any atom is -0.486 e. The van der Waals surface area contributed by atoms with Crippen molar-refractivity contribution in [3.8, 4) is 11.5 Å². The smallest absolute Gasteiger partial charge is 0.336 e. The lowest BCUT2D eigenvalue weighted by Gasteiger charge is -2.19. The maximum absolute atomic E-state index is 13.6. The Balaban J connectivity index is 1.66. The lowest BCUT2D eigenvalue weighted by Crippen LogP contribution is -2.17. The number of aromatic nitrogens is 2. The number of furan rings is 1. The van der Waals surface area contributed by atoms with Crippen LogP contribution in [0.3, 0.4) is 0 Å². The van der Waals surface area contributed by atoms with Gasteiger partial charge in [0.05, 0.1) is 23.6 Å². The minimum atomic E-state index is -1.22. The number of fused-ring (bicyclic) bond motifs is 2. The van der Waals surface area contributed by atoms with Gasteiger partial charge in [0.1, 0.15) is 30.0 Å². The van der Waals surface area contributed by atoms with E-state index in [1.165, 1.54) is 6.26 Å². The molecule has 0 radical (unpaired) electrons. The molecule has 2 aromatic heterocycles. The molecule has 1 aliphatic heterocycles. The Labute approximate surface area is 186 Å². The molecular weight excluding hydrogens is 432 g/mol. The molecular formula is C23H16N2O6S. The summed E-state index contributed by atoms with van der Waals surface area (Å²) in [5.41, 5.74) is 1.86. The highest BCUT2D eigenvalue weighted by molar-refractivity contribution is 7.00. The number of carbonyl (C=O) groups excluding carboxylic acids is 1. The summed E-state index contributed by atoms with van der Waals surface area (Å²) in [6, 6.07) is 13.2. The summed E-state index contributed by atoms with van der Waals surface area (Å²) in [6.45, 7) is 0.808. The summed E-state index contributed by atoms with van der Waals surface area (Å²) in [5.74, 6) is -0.191. The number of ketones is 1. The van der Waals surface area contributed by atoms with Gasteiger partial charge in [0.25, 0.3) is 0 Å². The quantitative estimate of drug-likeness (QED) is 0.348. The molecule has 0 atom stereocenters. The number of hydrogen-bond acceptors (Lipinski definition) is 8. The Morgan fingerprint density at radius 2 is 1.72 bits per heavy atom. The zero-order valence-electron chi connectivity index (χ0n) is 16.6. The number of hydrogen-bond donors (Lipinski definition) is 1. The van der Waals surface area contributed by atoms with Crippen molar-refractivity contribution >= 4 is 40.1 Å². The zero-order chi connectivity index (χ0) is 22.1. The first kappa shape index (κ1) is 20.0. The van der Waals surface area contributed by atoms with Gasteiger partial charge in [0.15, 0.2) is 17.3 Å². The van der Waals surface area contributed by atoms with Gasteiger partial charge in [-0.25, -0.2) is 4.79 Å². The summed E-state index contributed by atoms with van der Waals surface area (Å²) >= 11 is 1.04. The number of allylic oxidation sites excluding steroid dienone is 1. The Hall–Kier alpha value is -3.98. The molecule has 0 aliphatic carbocycles. The Bertz CT molecular complexity index is 1360. The van der Waals surface area contributed by atoms with Crippen molar-refractivity contribution in [3.63, 3.8) is 0 Å². The second-order valence-corrected chi connectivity index (χ2v) is 7.60. The molecule has 0 unspecified atom stereocenters. The van der Waals surface area contributed by atoms with Gasteiger partial charge in [0, 0.05) is 17.6 Å². The second kappa shape index (κ2) is 8.27. The van der Waals surface area contributed by atoms with Crippen LogP contribution in [0.5, 0.6) is 11.5 Å². The van der Waals surface area contributed by atoms with Crippen LogP contribution >= 0.6 is 11.7 Å². The third kappa shape index (κ3) is 3.74. The number of benzene rings is 2. The number of Topliss-reactive ketones (excluding diaryl/α,β-unsaturated/α-hetero) is 1. The number of carboxylic acid groups (broad SMARTS) is 1. The number of carbonyl (C=O) groups is 2. The summed E-state index contributed by atoms with van der Waals surface area (Å²) in [5, 5.41) is 10.1. The summed E-state index contributed by atoms with van der Waals surface area (Å²) in [4.78, 5) is 26.0. The number of nitrogens with zero attached hydrogens (tertiary/aromatic N) is 2. The summed E-state index contributed by atoms with van der Waals surface area (Å²) in [7, 11) is 0. The molecule has 3 heterocycles. The molecule has 1 N–H and O–H groups in total. The molecule has 5 rings (SSSR count). The van der Waals surface area contributed by atoms with Gasteiger partial charge < -0.3 is 19.0 Å². The molecule has 0 saturated heterocycles. The number of ether oxygens (including phenoxy) is 2. The van der Waals surface area contributed by atoms with Crippen molar-refractivity contribution in [2.45, 2.75) is 6.42 Å². The second-order valence-electron chi connectivity index (χ2n) is 7.07. The first-order chi connectivity index (χ1) is 15.6. The minimum absolute atomic E-state index is 0.00919. The molecule has 32 heavy (non-hydrogen) atoms. The van der Waals surface area contributed by atoms with E-state index in [9.17, 15) is 14.7 Å². The van der Waals surface area contributed by atoms with Crippen molar-refractivity contribution in [3.05, 3.63) is 77.3 Å². The molecule has 0 amide bonds. The van der Waals surface area contributed by atoms with Crippen molar-refractivity contribution in [2.75, 3.05) is 13.2 Å². The molecule has 0 saturated carbocycles. The fourth-order valence-corrected chi connectivity index (χ4v) is 4.11. The fourth-order valence-electron chi connectivity index (χ4n) is 3.59.